The Balaban J connectivity index is 2.29. The molecule has 1 fully saturated rings. The van der Waals surface area contributed by atoms with Gasteiger partial charge >= 0.3 is 0 Å². The highest BCUT2D eigenvalue weighted by Crippen LogP contribution is 2.33. The molecule has 2 unspecified atom stereocenters. The van der Waals surface area contributed by atoms with Crippen LogP contribution in [0.1, 0.15) is 17.9 Å². The molecular formula is C15H21FN2O. The van der Waals surface area contributed by atoms with Gasteiger partial charge in [-0.15, -0.1) is 0 Å². The van der Waals surface area contributed by atoms with Crippen LogP contribution in [0.2, 0.25) is 0 Å². The number of likely N-dealkylation sites (tertiary alicyclic amines) is 1. The zero-order valence-corrected chi connectivity index (χ0v) is 11.8. The van der Waals surface area contributed by atoms with Gasteiger partial charge in [0.15, 0.2) is 0 Å². The minimum absolute atomic E-state index is 0.0481. The van der Waals surface area contributed by atoms with Crippen molar-refractivity contribution in [1.82, 2.24) is 9.80 Å². The summed E-state index contributed by atoms with van der Waals surface area (Å²) in [5, 5.41) is 0. The van der Waals surface area contributed by atoms with Crippen LogP contribution in [0.15, 0.2) is 24.3 Å². The van der Waals surface area contributed by atoms with Gasteiger partial charge in [0, 0.05) is 32.5 Å². The maximum absolute atomic E-state index is 13.4. The predicted octanol–water partition coefficient (Wildman–Crippen LogP) is 1.95. The third-order valence-corrected chi connectivity index (χ3v) is 3.85. The molecule has 0 bridgehead atoms. The van der Waals surface area contributed by atoms with Gasteiger partial charge in [0.05, 0.1) is 0 Å². The first-order valence-electron chi connectivity index (χ1n) is 6.64. The summed E-state index contributed by atoms with van der Waals surface area (Å²) < 4.78 is 13.4. The fourth-order valence-corrected chi connectivity index (χ4v) is 2.82. The number of carbonyl (C=O) groups is 1. The van der Waals surface area contributed by atoms with Gasteiger partial charge in [-0.05, 0) is 37.7 Å². The number of piperidine rings is 1. The first-order valence-corrected chi connectivity index (χ1v) is 6.64. The lowest BCUT2D eigenvalue weighted by atomic mass is 9.80. The Kier molecular flexibility index (Phi) is 4.20. The summed E-state index contributed by atoms with van der Waals surface area (Å²) in [5.74, 6) is -0.0681. The number of hydrogen-bond donors (Lipinski definition) is 0. The second-order valence-electron chi connectivity index (χ2n) is 5.55. The van der Waals surface area contributed by atoms with E-state index in [1.165, 1.54) is 6.07 Å². The number of amides is 1. The minimum atomic E-state index is -0.234. The molecule has 2 atom stereocenters. The number of carbonyl (C=O) groups excluding carboxylic acids is 1. The average molecular weight is 264 g/mol. The smallest absolute Gasteiger partial charge is 0.225 e. The molecule has 0 aliphatic carbocycles. The van der Waals surface area contributed by atoms with Crippen LogP contribution in [-0.4, -0.2) is 49.9 Å². The maximum Gasteiger partial charge on any atom is 0.225 e. The monoisotopic (exact) mass is 264 g/mol. The van der Waals surface area contributed by atoms with E-state index in [1.807, 2.05) is 13.1 Å². The molecule has 1 aromatic carbocycles. The zero-order valence-electron chi connectivity index (χ0n) is 11.8. The lowest BCUT2D eigenvalue weighted by Gasteiger charge is -2.37. The molecule has 1 amide bonds. The van der Waals surface area contributed by atoms with Crippen molar-refractivity contribution in [1.29, 1.82) is 0 Å². The normalized spacial score (nSPS) is 24.2. The Hall–Kier alpha value is -1.42. The van der Waals surface area contributed by atoms with Crippen molar-refractivity contribution >= 4 is 5.91 Å². The second-order valence-corrected chi connectivity index (χ2v) is 5.55. The van der Waals surface area contributed by atoms with Gasteiger partial charge < -0.3 is 9.80 Å². The lowest BCUT2D eigenvalue weighted by Crippen LogP contribution is -2.43. The van der Waals surface area contributed by atoms with Crippen LogP contribution < -0.4 is 0 Å². The quantitative estimate of drug-likeness (QED) is 0.815. The van der Waals surface area contributed by atoms with Crippen molar-refractivity contribution in [2.24, 2.45) is 5.92 Å². The largest absolute Gasteiger partial charge is 0.349 e. The zero-order chi connectivity index (χ0) is 14.0. The van der Waals surface area contributed by atoms with Crippen LogP contribution in [-0.2, 0) is 4.79 Å². The van der Waals surface area contributed by atoms with E-state index < -0.39 is 0 Å². The first kappa shape index (κ1) is 14.0. The highest BCUT2D eigenvalue weighted by Gasteiger charge is 2.34. The van der Waals surface area contributed by atoms with Gasteiger partial charge in [0.2, 0.25) is 5.91 Å². The molecular weight excluding hydrogens is 243 g/mol. The van der Waals surface area contributed by atoms with Crippen LogP contribution in [0.4, 0.5) is 4.39 Å². The van der Waals surface area contributed by atoms with Crippen LogP contribution in [0, 0.1) is 11.7 Å². The molecule has 4 heteroatoms. The fourth-order valence-electron chi connectivity index (χ4n) is 2.82. The minimum Gasteiger partial charge on any atom is -0.349 e. The van der Waals surface area contributed by atoms with E-state index in [1.54, 1.807) is 31.1 Å². The summed E-state index contributed by atoms with van der Waals surface area (Å²) in [6.07, 6.45) is 0.828. The van der Waals surface area contributed by atoms with Gasteiger partial charge in [-0.1, -0.05) is 12.1 Å². The molecule has 0 radical (unpaired) electrons. The maximum atomic E-state index is 13.4. The van der Waals surface area contributed by atoms with Crippen molar-refractivity contribution in [2.45, 2.75) is 12.3 Å². The predicted molar refractivity (Wildman–Crippen MR) is 73.4 cm³/mol. The molecule has 104 valence electrons. The summed E-state index contributed by atoms with van der Waals surface area (Å²) in [4.78, 5) is 16.1. The van der Waals surface area contributed by atoms with E-state index in [9.17, 15) is 9.18 Å². The Morgan fingerprint density at radius 2 is 2.16 bits per heavy atom. The van der Waals surface area contributed by atoms with E-state index in [0.29, 0.717) is 0 Å². The molecule has 2 rings (SSSR count). The van der Waals surface area contributed by atoms with E-state index in [2.05, 4.69) is 4.90 Å². The van der Waals surface area contributed by atoms with E-state index in [0.717, 1.165) is 25.1 Å². The number of hydrogen-bond acceptors (Lipinski definition) is 2. The topological polar surface area (TPSA) is 23.6 Å². The lowest BCUT2D eigenvalue weighted by molar-refractivity contribution is -0.135. The number of likely N-dealkylation sites (N-methyl/N-ethyl adjacent to an activating group) is 1. The number of nitrogens with zero attached hydrogens (tertiary/aromatic N) is 2. The average Bonchev–Trinajstić information content (AvgIpc) is 2.37. The summed E-state index contributed by atoms with van der Waals surface area (Å²) in [5.41, 5.74) is 0.923. The molecule has 0 aromatic heterocycles. The van der Waals surface area contributed by atoms with Gasteiger partial charge in [-0.25, -0.2) is 4.39 Å². The standard InChI is InChI=1S/C15H21FN2O/c1-17(2)15(19)13-7-8-18(3)10-14(13)11-5-4-6-12(16)9-11/h4-6,9,13-14H,7-8,10H2,1-3H3. The summed E-state index contributed by atoms with van der Waals surface area (Å²) >= 11 is 0. The number of halogens is 1. The number of benzene rings is 1. The van der Waals surface area contributed by atoms with Gasteiger partial charge in [0.1, 0.15) is 5.82 Å². The summed E-state index contributed by atoms with van der Waals surface area (Å²) in [7, 11) is 5.61. The molecule has 3 nitrogen and oxygen atoms in total. The molecule has 0 N–H and O–H groups in total. The number of rotatable bonds is 2. The molecule has 1 saturated heterocycles. The van der Waals surface area contributed by atoms with Gasteiger partial charge in [-0.3, -0.25) is 4.79 Å². The van der Waals surface area contributed by atoms with Crippen LogP contribution in [0.3, 0.4) is 0 Å². The molecule has 1 aromatic rings. The van der Waals surface area contributed by atoms with E-state index >= 15 is 0 Å². The van der Waals surface area contributed by atoms with Crippen LogP contribution >= 0.6 is 0 Å². The molecule has 0 spiro atoms. The Labute approximate surface area is 114 Å². The fraction of sp³-hybridized carbons (Fsp3) is 0.533. The van der Waals surface area contributed by atoms with Crippen LogP contribution in [0.5, 0.6) is 0 Å². The highest BCUT2D eigenvalue weighted by atomic mass is 19.1. The molecule has 0 saturated carbocycles. The van der Waals surface area contributed by atoms with Gasteiger partial charge in [0.25, 0.3) is 0 Å². The Bertz CT molecular complexity index is 461. The second kappa shape index (κ2) is 5.70. The summed E-state index contributed by atoms with van der Waals surface area (Å²) in [6.45, 7) is 1.71. The van der Waals surface area contributed by atoms with Crippen molar-refractivity contribution in [2.75, 3.05) is 34.2 Å². The van der Waals surface area contributed by atoms with Crippen molar-refractivity contribution in [3.05, 3.63) is 35.6 Å². The van der Waals surface area contributed by atoms with Crippen LogP contribution in [0.25, 0.3) is 0 Å². The molecule has 19 heavy (non-hydrogen) atoms. The van der Waals surface area contributed by atoms with E-state index in [4.69, 9.17) is 0 Å². The summed E-state index contributed by atoms with van der Waals surface area (Å²) in [6, 6.07) is 6.64. The first-order chi connectivity index (χ1) is 8.99. The molecule has 1 aliphatic heterocycles. The van der Waals surface area contributed by atoms with Crippen molar-refractivity contribution in [3.63, 3.8) is 0 Å². The molecule has 1 aliphatic rings. The van der Waals surface area contributed by atoms with E-state index in [-0.39, 0.29) is 23.6 Å². The highest BCUT2D eigenvalue weighted by molar-refractivity contribution is 5.79. The van der Waals surface area contributed by atoms with Crippen molar-refractivity contribution < 1.29 is 9.18 Å². The Morgan fingerprint density at radius 3 is 2.79 bits per heavy atom. The third-order valence-electron chi connectivity index (χ3n) is 3.85. The third kappa shape index (κ3) is 3.13. The van der Waals surface area contributed by atoms with Crippen molar-refractivity contribution in [3.8, 4) is 0 Å². The SMILES string of the molecule is CN1CCC(C(=O)N(C)C)C(c2cccc(F)c2)C1. The molecule has 1 heterocycles. The Morgan fingerprint density at radius 1 is 1.42 bits per heavy atom. The van der Waals surface area contributed by atoms with Gasteiger partial charge in [-0.2, -0.15) is 0 Å².